The van der Waals surface area contributed by atoms with E-state index >= 15 is 0 Å². The minimum absolute atomic E-state index is 0.0234. The van der Waals surface area contributed by atoms with Crippen LogP contribution < -0.4 is 0 Å². The maximum absolute atomic E-state index is 12.5. The van der Waals surface area contributed by atoms with Crippen LogP contribution in [0.4, 0.5) is 0 Å². The average molecular weight is 287 g/mol. The predicted octanol–water partition coefficient (Wildman–Crippen LogP) is 0.592. The summed E-state index contributed by atoms with van der Waals surface area (Å²) in [4.78, 5) is 20.7. The Balaban J connectivity index is 2.08. The number of carbonyl (C=O) groups excluding carboxylic acids is 1. The van der Waals surface area contributed by atoms with Gasteiger partial charge in [-0.15, -0.1) is 0 Å². The van der Waals surface area contributed by atoms with Gasteiger partial charge in [0.15, 0.2) is 0 Å². The van der Waals surface area contributed by atoms with Gasteiger partial charge in [0.05, 0.1) is 5.56 Å². The molecule has 0 radical (unpaired) electrons. The first-order valence-corrected chi connectivity index (χ1v) is 7.12. The smallest absolute Gasteiger partial charge is 0.255 e. The molecular formula is C16H21N3O2. The summed E-state index contributed by atoms with van der Waals surface area (Å²) in [6.45, 7) is 1.83. The summed E-state index contributed by atoms with van der Waals surface area (Å²) in [6, 6.07) is 2.00. The van der Waals surface area contributed by atoms with Crippen molar-refractivity contribution in [2.24, 2.45) is 0 Å². The number of likely N-dealkylation sites (tertiary alicyclic amines) is 1. The molecule has 0 spiro atoms. The average Bonchev–Trinajstić information content (AvgIpc) is 2.52. The fourth-order valence-corrected chi connectivity index (χ4v) is 2.52. The molecule has 1 saturated heterocycles. The second kappa shape index (κ2) is 7.21. The van der Waals surface area contributed by atoms with Crippen molar-refractivity contribution < 1.29 is 9.90 Å². The lowest BCUT2D eigenvalue weighted by Crippen LogP contribution is -2.44. The van der Waals surface area contributed by atoms with Crippen LogP contribution in [0, 0.1) is 11.8 Å². The van der Waals surface area contributed by atoms with Gasteiger partial charge >= 0.3 is 0 Å². The summed E-state index contributed by atoms with van der Waals surface area (Å²) in [6.07, 6.45) is 5.15. The van der Waals surface area contributed by atoms with E-state index in [1.807, 2.05) is 11.9 Å². The number of aromatic nitrogens is 1. The van der Waals surface area contributed by atoms with Crippen LogP contribution in [-0.2, 0) is 0 Å². The number of hydrogen-bond acceptors (Lipinski definition) is 4. The van der Waals surface area contributed by atoms with Gasteiger partial charge in [0.25, 0.3) is 5.91 Å². The molecule has 0 aromatic carbocycles. The van der Waals surface area contributed by atoms with Gasteiger partial charge in [0.1, 0.15) is 6.61 Å². The van der Waals surface area contributed by atoms with Gasteiger partial charge in [-0.25, -0.2) is 0 Å². The van der Waals surface area contributed by atoms with E-state index in [0.717, 1.165) is 25.9 Å². The summed E-state index contributed by atoms with van der Waals surface area (Å²) < 4.78 is 0. The zero-order valence-corrected chi connectivity index (χ0v) is 12.5. The van der Waals surface area contributed by atoms with E-state index in [1.54, 1.807) is 18.5 Å². The number of hydrogen-bond donors (Lipinski definition) is 1. The van der Waals surface area contributed by atoms with E-state index in [9.17, 15) is 4.79 Å². The van der Waals surface area contributed by atoms with Crippen molar-refractivity contribution in [2.75, 3.05) is 33.8 Å². The van der Waals surface area contributed by atoms with Crippen LogP contribution in [0.15, 0.2) is 18.5 Å². The summed E-state index contributed by atoms with van der Waals surface area (Å²) in [5, 5.41) is 8.71. The minimum atomic E-state index is -0.201. The Morgan fingerprint density at radius 1 is 1.48 bits per heavy atom. The molecule has 21 heavy (non-hydrogen) atoms. The highest BCUT2D eigenvalue weighted by atomic mass is 16.2. The van der Waals surface area contributed by atoms with Crippen LogP contribution in [0.3, 0.4) is 0 Å². The van der Waals surface area contributed by atoms with Gasteiger partial charge in [0, 0.05) is 31.0 Å². The number of pyridine rings is 1. The van der Waals surface area contributed by atoms with Gasteiger partial charge in [-0.3, -0.25) is 9.78 Å². The van der Waals surface area contributed by atoms with Crippen molar-refractivity contribution in [1.29, 1.82) is 0 Å². The molecule has 0 aliphatic carbocycles. The summed E-state index contributed by atoms with van der Waals surface area (Å²) in [7, 11) is 3.95. The zero-order chi connectivity index (χ0) is 15.2. The van der Waals surface area contributed by atoms with Crippen molar-refractivity contribution in [3.63, 3.8) is 0 Å². The normalized spacial score (nSPS) is 16.1. The molecule has 2 rings (SSSR count). The third-order valence-corrected chi connectivity index (χ3v) is 3.85. The number of nitrogens with zero attached hydrogens (tertiary/aromatic N) is 3. The molecular weight excluding hydrogens is 266 g/mol. The predicted molar refractivity (Wildman–Crippen MR) is 80.8 cm³/mol. The lowest BCUT2D eigenvalue weighted by Gasteiger charge is -2.35. The van der Waals surface area contributed by atoms with Crippen molar-refractivity contribution in [3.05, 3.63) is 29.6 Å². The van der Waals surface area contributed by atoms with Crippen LogP contribution in [0.2, 0.25) is 0 Å². The van der Waals surface area contributed by atoms with Crippen LogP contribution in [-0.4, -0.2) is 65.6 Å². The molecule has 1 aromatic heterocycles. The van der Waals surface area contributed by atoms with Crippen LogP contribution in [0.5, 0.6) is 0 Å². The van der Waals surface area contributed by atoms with E-state index in [2.05, 4.69) is 28.8 Å². The molecule has 5 heteroatoms. The summed E-state index contributed by atoms with van der Waals surface area (Å²) in [5.74, 6) is 5.31. The van der Waals surface area contributed by atoms with Crippen molar-refractivity contribution in [3.8, 4) is 11.8 Å². The van der Waals surface area contributed by atoms with E-state index in [4.69, 9.17) is 5.11 Å². The Bertz CT molecular complexity index is 554. The standard InChI is InChI=1S/C16H21N3O2/c1-18-7-5-15(6-8-18)19(2)16(21)14-10-13(4-3-9-20)11-17-12-14/h10-12,15,20H,5-9H2,1-2H3. The largest absolute Gasteiger partial charge is 0.384 e. The molecule has 112 valence electrons. The van der Waals surface area contributed by atoms with Gasteiger partial charge in [-0.1, -0.05) is 11.8 Å². The van der Waals surface area contributed by atoms with Crippen LogP contribution in [0.1, 0.15) is 28.8 Å². The van der Waals surface area contributed by atoms with E-state index in [-0.39, 0.29) is 18.6 Å². The number of rotatable bonds is 2. The Morgan fingerprint density at radius 3 is 2.86 bits per heavy atom. The van der Waals surface area contributed by atoms with E-state index < -0.39 is 0 Å². The molecule has 0 saturated carbocycles. The van der Waals surface area contributed by atoms with E-state index in [0.29, 0.717) is 11.1 Å². The Kier molecular flexibility index (Phi) is 5.32. The van der Waals surface area contributed by atoms with Crippen molar-refractivity contribution in [2.45, 2.75) is 18.9 Å². The van der Waals surface area contributed by atoms with Gasteiger partial charge in [-0.2, -0.15) is 0 Å². The number of aliphatic hydroxyl groups is 1. The zero-order valence-electron chi connectivity index (χ0n) is 12.5. The van der Waals surface area contributed by atoms with Crippen molar-refractivity contribution in [1.82, 2.24) is 14.8 Å². The monoisotopic (exact) mass is 287 g/mol. The molecule has 1 aliphatic heterocycles. The first-order valence-electron chi connectivity index (χ1n) is 7.12. The fourth-order valence-electron chi connectivity index (χ4n) is 2.52. The molecule has 1 amide bonds. The highest BCUT2D eigenvalue weighted by molar-refractivity contribution is 5.94. The van der Waals surface area contributed by atoms with Gasteiger partial charge in [0.2, 0.25) is 0 Å². The van der Waals surface area contributed by atoms with Crippen LogP contribution in [0.25, 0.3) is 0 Å². The maximum atomic E-state index is 12.5. The SMILES string of the molecule is CN1CCC(N(C)C(=O)c2cncc(C#CCO)c2)CC1. The Labute approximate surface area is 125 Å². The molecule has 1 N–H and O–H groups in total. The Morgan fingerprint density at radius 2 is 2.19 bits per heavy atom. The third-order valence-electron chi connectivity index (χ3n) is 3.85. The molecule has 1 fully saturated rings. The molecule has 0 atom stereocenters. The first-order chi connectivity index (χ1) is 10.1. The van der Waals surface area contributed by atoms with Crippen LogP contribution >= 0.6 is 0 Å². The number of carbonyl (C=O) groups is 1. The highest BCUT2D eigenvalue weighted by Gasteiger charge is 2.24. The number of aliphatic hydroxyl groups excluding tert-OH is 1. The minimum Gasteiger partial charge on any atom is -0.384 e. The third kappa shape index (κ3) is 4.03. The molecule has 0 bridgehead atoms. The molecule has 1 aliphatic rings. The van der Waals surface area contributed by atoms with E-state index in [1.165, 1.54) is 0 Å². The second-order valence-electron chi connectivity index (χ2n) is 5.37. The molecule has 0 unspecified atom stereocenters. The summed E-state index contributed by atoms with van der Waals surface area (Å²) in [5.41, 5.74) is 1.19. The Hall–Kier alpha value is -1.90. The highest BCUT2D eigenvalue weighted by Crippen LogP contribution is 2.16. The molecule has 1 aromatic rings. The molecule has 5 nitrogen and oxygen atoms in total. The number of amides is 1. The number of piperidine rings is 1. The summed E-state index contributed by atoms with van der Waals surface area (Å²) >= 11 is 0. The lowest BCUT2D eigenvalue weighted by atomic mass is 10.0. The lowest BCUT2D eigenvalue weighted by molar-refractivity contribution is 0.0659. The topological polar surface area (TPSA) is 56.7 Å². The van der Waals surface area contributed by atoms with Gasteiger partial charge in [-0.05, 0) is 39.0 Å². The fraction of sp³-hybridized carbons (Fsp3) is 0.500. The van der Waals surface area contributed by atoms with Gasteiger partial charge < -0.3 is 14.9 Å². The molecule has 2 heterocycles. The quantitative estimate of drug-likeness (QED) is 0.809. The van der Waals surface area contributed by atoms with Crippen molar-refractivity contribution >= 4 is 5.91 Å². The second-order valence-corrected chi connectivity index (χ2v) is 5.37. The first kappa shape index (κ1) is 15.5. The maximum Gasteiger partial charge on any atom is 0.255 e.